The van der Waals surface area contributed by atoms with Crippen LogP contribution in [0.1, 0.15) is 0 Å². The van der Waals surface area contributed by atoms with Gasteiger partial charge < -0.3 is 5.73 Å². The molecule has 1 aromatic carbocycles. The molecule has 112 valence electrons. The van der Waals surface area contributed by atoms with Crippen molar-refractivity contribution in [2.24, 2.45) is 5.73 Å². The first-order valence-corrected chi connectivity index (χ1v) is 12.3. The fourth-order valence-electron chi connectivity index (χ4n) is 0.793. The SMILES string of the molecule is C=CCN.C=CCOS(=O)(=O)c1ccccc1.[S]=[Mo]=[S]. The van der Waals surface area contributed by atoms with Crippen LogP contribution in [-0.2, 0) is 29.2 Å². The van der Waals surface area contributed by atoms with Crippen molar-refractivity contribution in [3.8, 4) is 0 Å². The summed E-state index contributed by atoms with van der Waals surface area (Å²) in [5.41, 5.74) is 4.91. The van der Waals surface area contributed by atoms with E-state index < -0.39 is 10.1 Å². The van der Waals surface area contributed by atoms with Gasteiger partial charge in [-0.2, -0.15) is 8.42 Å². The number of hydrogen-bond donors (Lipinski definition) is 1. The molecule has 8 heteroatoms. The fraction of sp³-hybridized carbons (Fsp3) is 0.167. The Hall–Kier alpha value is -0.302. The molecule has 0 aliphatic carbocycles. The summed E-state index contributed by atoms with van der Waals surface area (Å²) in [7, 11) is 5.08. The van der Waals surface area contributed by atoms with E-state index in [0.717, 1.165) is 0 Å². The number of hydrogen-bond acceptors (Lipinski definition) is 6. The van der Waals surface area contributed by atoms with Crippen LogP contribution >= 0.6 is 19.6 Å². The summed E-state index contributed by atoms with van der Waals surface area (Å²) >= 11 is -0.363. The predicted molar refractivity (Wildman–Crippen MR) is 84.2 cm³/mol. The molecule has 0 fully saturated rings. The summed E-state index contributed by atoms with van der Waals surface area (Å²) in [6, 6.07) is 8.00. The van der Waals surface area contributed by atoms with Crippen molar-refractivity contribution in [1.82, 2.24) is 0 Å². The van der Waals surface area contributed by atoms with Crippen LogP contribution in [0.3, 0.4) is 0 Å². The molecule has 0 radical (unpaired) electrons. The summed E-state index contributed by atoms with van der Waals surface area (Å²) in [5.74, 6) is 0. The van der Waals surface area contributed by atoms with E-state index in [1.165, 1.54) is 18.2 Å². The van der Waals surface area contributed by atoms with Gasteiger partial charge in [0.25, 0.3) is 10.1 Å². The van der Waals surface area contributed by atoms with E-state index in [1.54, 1.807) is 24.3 Å². The van der Waals surface area contributed by atoms with Crippen LogP contribution in [0.25, 0.3) is 0 Å². The summed E-state index contributed by atoms with van der Waals surface area (Å²) in [5, 5.41) is 0. The maximum absolute atomic E-state index is 11.3. The average Bonchev–Trinajstić information content (AvgIpc) is 2.47. The number of benzene rings is 1. The standard InChI is InChI=1S/C9H10O3S.C3H7N.Mo.2S/c1-2-8-12-13(10,11)9-6-4-3-5-7-9;1-2-3-4;;;/h2-7H,1,8H2;2H,1,3-4H2;;;. The Balaban J connectivity index is 0. The zero-order valence-corrected chi connectivity index (χ0v) is 15.3. The summed E-state index contributed by atoms with van der Waals surface area (Å²) in [6.07, 6.45) is 3.04. The van der Waals surface area contributed by atoms with Gasteiger partial charge in [-0.3, -0.25) is 4.18 Å². The van der Waals surface area contributed by atoms with Gasteiger partial charge in [0, 0.05) is 6.54 Å². The molecule has 0 aliphatic rings. The molecule has 0 saturated heterocycles. The van der Waals surface area contributed by atoms with E-state index in [9.17, 15) is 8.42 Å². The molecule has 20 heavy (non-hydrogen) atoms. The van der Waals surface area contributed by atoms with Gasteiger partial charge in [-0.15, -0.1) is 13.2 Å². The fourth-order valence-corrected chi connectivity index (χ4v) is 1.69. The van der Waals surface area contributed by atoms with Crippen molar-refractivity contribution < 1.29 is 27.5 Å². The van der Waals surface area contributed by atoms with E-state index in [0.29, 0.717) is 6.54 Å². The van der Waals surface area contributed by atoms with Gasteiger partial charge in [-0.1, -0.05) is 30.4 Å². The molecule has 2 N–H and O–H groups in total. The third kappa shape index (κ3) is 12.7. The second-order valence-electron chi connectivity index (χ2n) is 2.93. The Kier molecular flexibility index (Phi) is 16.6. The van der Waals surface area contributed by atoms with E-state index in [1.807, 2.05) is 0 Å². The minimum atomic E-state index is -3.59. The Morgan fingerprint density at radius 1 is 1.20 bits per heavy atom. The molecule has 1 rings (SSSR count). The maximum atomic E-state index is 11.3. The van der Waals surface area contributed by atoms with Crippen molar-refractivity contribution in [2.45, 2.75) is 4.90 Å². The molecule has 0 unspecified atom stereocenters. The van der Waals surface area contributed by atoms with E-state index in [2.05, 4.69) is 37.0 Å². The molecule has 0 spiro atoms. The van der Waals surface area contributed by atoms with E-state index >= 15 is 0 Å². The molecule has 0 heterocycles. The van der Waals surface area contributed by atoms with Gasteiger partial charge in [0.15, 0.2) is 0 Å². The van der Waals surface area contributed by atoms with Crippen molar-refractivity contribution in [3.05, 3.63) is 55.6 Å². The second-order valence-corrected chi connectivity index (χ2v) is 8.10. The normalized spacial score (nSPS) is 9.05. The minimum absolute atomic E-state index is 0.00275. The zero-order valence-electron chi connectivity index (χ0n) is 10.8. The molecular weight excluding hydrogens is 398 g/mol. The molecule has 1 aromatic rings. The van der Waals surface area contributed by atoms with Crippen LogP contribution in [0.2, 0.25) is 0 Å². The summed E-state index contributed by atoms with van der Waals surface area (Å²) < 4.78 is 27.3. The van der Waals surface area contributed by atoms with Crippen LogP contribution in [-0.4, -0.2) is 21.6 Å². The third-order valence-electron chi connectivity index (χ3n) is 1.54. The van der Waals surface area contributed by atoms with Crippen molar-refractivity contribution in [3.63, 3.8) is 0 Å². The van der Waals surface area contributed by atoms with Crippen LogP contribution in [0.15, 0.2) is 60.5 Å². The van der Waals surface area contributed by atoms with Gasteiger partial charge in [0.2, 0.25) is 0 Å². The second kappa shape index (κ2) is 15.1. The Bertz CT molecular complexity index is 512. The van der Waals surface area contributed by atoms with Crippen LogP contribution in [0.5, 0.6) is 0 Å². The number of rotatable bonds is 5. The van der Waals surface area contributed by atoms with Crippen molar-refractivity contribution in [1.29, 1.82) is 0 Å². The first-order valence-electron chi connectivity index (χ1n) is 5.28. The first kappa shape index (κ1) is 22.0. The van der Waals surface area contributed by atoms with Crippen molar-refractivity contribution >= 4 is 29.8 Å². The summed E-state index contributed by atoms with van der Waals surface area (Å²) in [4.78, 5) is 0.164. The van der Waals surface area contributed by atoms with Crippen LogP contribution in [0.4, 0.5) is 0 Å². The first-order chi connectivity index (χ1) is 9.49. The molecule has 0 aliphatic heterocycles. The Morgan fingerprint density at radius 3 is 2.00 bits per heavy atom. The Morgan fingerprint density at radius 2 is 1.65 bits per heavy atom. The van der Waals surface area contributed by atoms with Gasteiger partial charge in [0.1, 0.15) is 0 Å². The molecule has 0 saturated carbocycles. The molecule has 0 aromatic heterocycles. The van der Waals surface area contributed by atoms with Gasteiger partial charge in [-0.05, 0) is 12.1 Å². The zero-order chi connectivity index (χ0) is 15.9. The molecular formula is C12H17MoNO3S3. The quantitative estimate of drug-likeness (QED) is 0.453. The summed E-state index contributed by atoms with van der Waals surface area (Å²) in [6.45, 7) is 7.30. The Labute approximate surface area is 136 Å². The number of nitrogens with two attached hydrogens (primary N) is 1. The monoisotopic (exact) mass is 417 g/mol. The van der Waals surface area contributed by atoms with Crippen molar-refractivity contribution in [2.75, 3.05) is 13.2 Å². The average molecular weight is 415 g/mol. The van der Waals surface area contributed by atoms with Crippen LogP contribution in [0, 0.1) is 0 Å². The third-order valence-corrected chi connectivity index (χ3v) is 2.84. The molecule has 0 amide bonds. The van der Waals surface area contributed by atoms with Gasteiger partial charge >= 0.3 is 34.6 Å². The molecule has 4 nitrogen and oxygen atoms in total. The van der Waals surface area contributed by atoms with E-state index in [-0.39, 0.29) is 26.4 Å². The van der Waals surface area contributed by atoms with Crippen LogP contribution < -0.4 is 5.73 Å². The molecule has 0 bridgehead atoms. The topological polar surface area (TPSA) is 69.4 Å². The van der Waals surface area contributed by atoms with Gasteiger partial charge in [-0.25, -0.2) is 0 Å². The molecule has 0 atom stereocenters. The van der Waals surface area contributed by atoms with E-state index in [4.69, 9.17) is 5.73 Å². The van der Waals surface area contributed by atoms with Gasteiger partial charge in [0.05, 0.1) is 11.5 Å². The predicted octanol–water partition coefficient (Wildman–Crippen LogP) is 3.00.